The van der Waals surface area contributed by atoms with Crippen LogP contribution in [0.25, 0.3) is 11.3 Å². The molecule has 1 fully saturated rings. The molecular formula is C27H28ClFN2OS. The van der Waals surface area contributed by atoms with Crippen LogP contribution < -0.4 is 10.1 Å². The minimum atomic E-state index is -0.161. The van der Waals surface area contributed by atoms with E-state index in [0.717, 1.165) is 44.6 Å². The van der Waals surface area contributed by atoms with E-state index >= 15 is 0 Å². The highest BCUT2D eigenvalue weighted by Crippen LogP contribution is 2.39. The quantitative estimate of drug-likeness (QED) is 0.353. The Morgan fingerprint density at radius 3 is 2.70 bits per heavy atom. The van der Waals surface area contributed by atoms with Crippen molar-refractivity contribution in [2.24, 2.45) is 5.92 Å². The third kappa shape index (κ3) is 5.69. The molecule has 2 aromatic carbocycles. The minimum Gasteiger partial charge on any atom is -0.496 e. The van der Waals surface area contributed by atoms with E-state index in [2.05, 4.69) is 17.2 Å². The van der Waals surface area contributed by atoms with Crippen molar-refractivity contribution >= 4 is 28.1 Å². The summed E-state index contributed by atoms with van der Waals surface area (Å²) in [7, 11) is 1.64. The molecular weight excluding hydrogens is 455 g/mol. The molecule has 0 saturated heterocycles. The highest BCUT2D eigenvalue weighted by atomic mass is 35.5. The maximum Gasteiger partial charge on any atom is 0.184 e. The summed E-state index contributed by atoms with van der Waals surface area (Å²) < 4.78 is 19.5. The SMILES string of the molecule is COc1cc(Cl)c(-c2nc(NCC#C[C@@H](CC3CC3)c3ccc(C)c(F)c3)sc2C)cc1C. The summed E-state index contributed by atoms with van der Waals surface area (Å²) in [4.78, 5) is 5.84. The lowest BCUT2D eigenvalue weighted by Gasteiger charge is -2.11. The first-order chi connectivity index (χ1) is 15.9. The van der Waals surface area contributed by atoms with Gasteiger partial charge in [-0.3, -0.25) is 0 Å². The first-order valence-electron chi connectivity index (χ1n) is 11.2. The molecule has 0 amide bonds. The van der Waals surface area contributed by atoms with Crippen LogP contribution in [-0.2, 0) is 0 Å². The number of thiazole rings is 1. The highest BCUT2D eigenvalue weighted by molar-refractivity contribution is 7.16. The van der Waals surface area contributed by atoms with Gasteiger partial charge in [-0.25, -0.2) is 9.37 Å². The number of hydrogen-bond donors (Lipinski definition) is 1. The molecule has 1 aliphatic carbocycles. The maximum atomic E-state index is 14.1. The number of anilines is 1. The summed E-state index contributed by atoms with van der Waals surface area (Å²) in [6.45, 7) is 6.30. The molecule has 1 aromatic heterocycles. The average Bonchev–Trinajstić information content (AvgIpc) is 3.54. The molecule has 3 aromatic rings. The van der Waals surface area contributed by atoms with Gasteiger partial charge >= 0.3 is 0 Å². The van der Waals surface area contributed by atoms with Crippen molar-refractivity contribution in [3.63, 3.8) is 0 Å². The van der Waals surface area contributed by atoms with Gasteiger partial charge < -0.3 is 10.1 Å². The first-order valence-corrected chi connectivity index (χ1v) is 12.4. The number of methoxy groups -OCH3 is 1. The highest BCUT2D eigenvalue weighted by Gasteiger charge is 2.25. The zero-order valence-corrected chi connectivity index (χ0v) is 21.0. The fraction of sp³-hybridized carbons (Fsp3) is 0.370. The Morgan fingerprint density at radius 1 is 1.21 bits per heavy atom. The lowest BCUT2D eigenvalue weighted by molar-refractivity contribution is 0.412. The number of rotatable bonds is 7. The average molecular weight is 483 g/mol. The number of nitrogens with one attached hydrogen (secondary N) is 1. The molecule has 4 rings (SSSR count). The maximum absolute atomic E-state index is 14.1. The Bertz CT molecular complexity index is 1220. The Balaban J connectivity index is 1.47. The largest absolute Gasteiger partial charge is 0.496 e. The number of ether oxygens (including phenoxy) is 1. The Hall–Kier alpha value is -2.55. The molecule has 3 nitrogen and oxygen atoms in total. The molecule has 0 aliphatic heterocycles. The van der Waals surface area contributed by atoms with E-state index < -0.39 is 0 Å². The molecule has 172 valence electrons. The summed E-state index contributed by atoms with van der Waals surface area (Å²) in [6.07, 6.45) is 3.49. The summed E-state index contributed by atoms with van der Waals surface area (Å²) in [6, 6.07) is 9.33. The second-order valence-corrected chi connectivity index (χ2v) is 10.3. The van der Waals surface area contributed by atoms with E-state index in [1.54, 1.807) is 31.4 Å². The monoisotopic (exact) mass is 482 g/mol. The van der Waals surface area contributed by atoms with Crippen molar-refractivity contribution < 1.29 is 9.13 Å². The van der Waals surface area contributed by atoms with Crippen LogP contribution in [0.5, 0.6) is 5.75 Å². The van der Waals surface area contributed by atoms with Gasteiger partial charge in [0.1, 0.15) is 11.6 Å². The van der Waals surface area contributed by atoms with Gasteiger partial charge in [0.05, 0.1) is 24.4 Å². The molecule has 0 spiro atoms. The van der Waals surface area contributed by atoms with Gasteiger partial charge in [-0.2, -0.15) is 0 Å². The second-order valence-electron chi connectivity index (χ2n) is 8.64. The van der Waals surface area contributed by atoms with Crippen LogP contribution in [0.15, 0.2) is 30.3 Å². The summed E-state index contributed by atoms with van der Waals surface area (Å²) in [5.41, 5.74) is 4.41. The number of aromatic nitrogens is 1. The zero-order chi connectivity index (χ0) is 23.5. The van der Waals surface area contributed by atoms with E-state index in [9.17, 15) is 4.39 Å². The van der Waals surface area contributed by atoms with Gasteiger partial charge in [-0.05, 0) is 68.0 Å². The Labute approximate surface area is 204 Å². The van der Waals surface area contributed by atoms with Crippen molar-refractivity contribution in [1.82, 2.24) is 4.98 Å². The molecule has 1 N–H and O–H groups in total. The summed E-state index contributed by atoms with van der Waals surface area (Å²) in [5, 5.41) is 4.74. The fourth-order valence-electron chi connectivity index (χ4n) is 3.87. The van der Waals surface area contributed by atoms with Crippen molar-refractivity contribution in [2.75, 3.05) is 19.0 Å². The van der Waals surface area contributed by atoms with E-state index in [1.807, 2.05) is 38.1 Å². The second kappa shape index (κ2) is 10.2. The molecule has 6 heteroatoms. The van der Waals surface area contributed by atoms with Crippen LogP contribution in [0.1, 0.15) is 46.7 Å². The Morgan fingerprint density at radius 2 is 2.00 bits per heavy atom. The number of hydrogen-bond acceptors (Lipinski definition) is 4. The van der Waals surface area contributed by atoms with Crippen LogP contribution in [0.3, 0.4) is 0 Å². The Kier molecular flexibility index (Phi) is 7.26. The number of benzene rings is 2. The first kappa shape index (κ1) is 23.6. The molecule has 0 bridgehead atoms. The fourth-order valence-corrected chi connectivity index (χ4v) is 4.94. The molecule has 1 atom stereocenters. The molecule has 1 aliphatic rings. The van der Waals surface area contributed by atoms with Crippen LogP contribution in [0.4, 0.5) is 9.52 Å². The van der Waals surface area contributed by atoms with E-state index in [0.29, 0.717) is 23.0 Å². The molecule has 1 saturated carbocycles. The minimum absolute atomic E-state index is 0.0593. The van der Waals surface area contributed by atoms with E-state index in [1.165, 1.54) is 12.8 Å². The van der Waals surface area contributed by atoms with Crippen LogP contribution in [0, 0.1) is 44.3 Å². The van der Waals surface area contributed by atoms with Crippen molar-refractivity contribution in [3.05, 3.63) is 62.7 Å². The van der Waals surface area contributed by atoms with Crippen molar-refractivity contribution in [2.45, 2.75) is 46.0 Å². The van der Waals surface area contributed by atoms with Crippen LogP contribution >= 0.6 is 22.9 Å². The van der Waals surface area contributed by atoms with E-state index in [4.69, 9.17) is 21.3 Å². The van der Waals surface area contributed by atoms with Crippen molar-refractivity contribution in [1.29, 1.82) is 0 Å². The zero-order valence-electron chi connectivity index (χ0n) is 19.4. The normalized spacial score (nSPS) is 13.9. The number of nitrogens with zero attached hydrogens (tertiary/aromatic N) is 1. The third-order valence-corrected chi connectivity index (χ3v) is 7.25. The summed E-state index contributed by atoms with van der Waals surface area (Å²) >= 11 is 8.08. The third-order valence-electron chi connectivity index (χ3n) is 6.00. The standard InChI is InChI=1S/C27H28ClFN2OS/c1-16-7-10-21(14-24(16)29)20(13-19-8-9-19)6-5-11-30-27-31-26(18(3)33-27)22-12-17(2)25(32-4)15-23(22)28/h7,10,12,14-15,19-20H,8-9,11,13H2,1-4H3,(H,30,31)/t20-/m0/s1. The van der Waals surface area contributed by atoms with Gasteiger partial charge in [-0.15, -0.1) is 11.3 Å². The number of aryl methyl sites for hydroxylation is 3. The lowest BCUT2D eigenvalue weighted by Crippen LogP contribution is -2.02. The van der Waals surface area contributed by atoms with Gasteiger partial charge in [0.25, 0.3) is 0 Å². The molecule has 33 heavy (non-hydrogen) atoms. The topological polar surface area (TPSA) is 34.1 Å². The predicted molar refractivity (Wildman–Crippen MR) is 136 cm³/mol. The van der Waals surface area contributed by atoms with Gasteiger partial charge in [0.15, 0.2) is 5.13 Å². The predicted octanol–water partition coefficient (Wildman–Crippen LogP) is 7.54. The van der Waals surface area contributed by atoms with Crippen LogP contribution in [0.2, 0.25) is 5.02 Å². The van der Waals surface area contributed by atoms with Gasteiger partial charge in [-0.1, -0.05) is 48.4 Å². The van der Waals surface area contributed by atoms with E-state index in [-0.39, 0.29) is 11.7 Å². The molecule has 0 radical (unpaired) electrons. The molecule has 1 heterocycles. The van der Waals surface area contributed by atoms with Gasteiger partial charge in [0, 0.05) is 16.4 Å². The smallest absolute Gasteiger partial charge is 0.184 e. The van der Waals surface area contributed by atoms with Crippen molar-refractivity contribution in [3.8, 4) is 28.8 Å². The van der Waals surface area contributed by atoms with Gasteiger partial charge in [0.2, 0.25) is 0 Å². The summed E-state index contributed by atoms with van der Waals surface area (Å²) in [5.74, 6) is 7.99. The van der Waals surface area contributed by atoms with Crippen LogP contribution in [-0.4, -0.2) is 18.6 Å². The molecule has 0 unspecified atom stereocenters. The number of halogens is 2. The lowest BCUT2D eigenvalue weighted by atomic mass is 9.93.